The van der Waals surface area contributed by atoms with Gasteiger partial charge in [-0.2, -0.15) is 0 Å². The molecule has 22 heavy (non-hydrogen) atoms. The van der Waals surface area contributed by atoms with Gasteiger partial charge in [0, 0.05) is 11.5 Å². The smallest absolute Gasteiger partial charge is 0.103 e. The Balaban J connectivity index is 1.82. The number of hydrogen-bond donors (Lipinski definition) is 2. The Labute approximate surface area is 142 Å². The average Bonchev–Trinajstić information content (AvgIpc) is 3.09. The molecule has 2 N–H and O–H groups in total. The topological polar surface area (TPSA) is 74.3 Å². The van der Waals surface area contributed by atoms with E-state index in [1.807, 2.05) is 47.5 Å². The third kappa shape index (κ3) is 1.90. The van der Waals surface area contributed by atoms with Gasteiger partial charge < -0.3 is 15.1 Å². The van der Waals surface area contributed by atoms with Crippen LogP contribution in [0.25, 0.3) is 11.3 Å². The van der Waals surface area contributed by atoms with Crippen LogP contribution in [0.2, 0.25) is 0 Å². The molecule has 3 atom stereocenters. The molecule has 1 aliphatic heterocycles. The third-order valence-electron chi connectivity index (χ3n) is 4.74. The monoisotopic (exact) mass is 406 g/mol. The van der Waals surface area contributed by atoms with E-state index in [4.69, 9.17) is 5.41 Å². The van der Waals surface area contributed by atoms with Crippen LogP contribution in [0.4, 0.5) is 0 Å². The van der Waals surface area contributed by atoms with Crippen LogP contribution < -0.4 is 0 Å². The molecule has 1 aromatic carbocycles. The lowest BCUT2D eigenvalue weighted by Gasteiger charge is -2.34. The summed E-state index contributed by atoms with van der Waals surface area (Å²) in [5.74, 6) is 0.0132. The molecule has 1 fully saturated rings. The first-order chi connectivity index (χ1) is 10.7. The summed E-state index contributed by atoms with van der Waals surface area (Å²) < 4.78 is 6.27. The van der Waals surface area contributed by atoms with Crippen molar-refractivity contribution in [2.45, 2.75) is 25.0 Å². The highest BCUT2D eigenvalue weighted by atomic mass is 127. The fraction of sp³-hybridized carbons (Fsp3) is 0.312. The molecule has 1 aliphatic carbocycles. The summed E-state index contributed by atoms with van der Waals surface area (Å²) in [6.07, 6.45) is 4.46. The first-order valence-corrected chi connectivity index (χ1v) is 8.24. The van der Waals surface area contributed by atoms with Gasteiger partial charge in [0.15, 0.2) is 0 Å². The fourth-order valence-corrected chi connectivity index (χ4v) is 4.30. The van der Waals surface area contributed by atoms with Crippen LogP contribution in [0, 0.1) is 11.3 Å². The maximum absolute atomic E-state index is 10.7. The number of nitrogens with one attached hydrogen (secondary N) is 1. The van der Waals surface area contributed by atoms with Crippen LogP contribution in [0.5, 0.6) is 0 Å². The molecule has 2 aromatic rings. The van der Waals surface area contributed by atoms with E-state index in [0.717, 1.165) is 12.1 Å². The van der Waals surface area contributed by atoms with E-state index in [1.165, 1.54) is 11.1 Å². The third-order valence-corrected chi connectivity index (χ3v) is 5.26. The van der Waals surface area contributed by atoms with Crippen LogP contribution in [-0.4, -0.2) is 32.2 Å². The molecule has 0 bridgehead atoms. The summed E-state index contributed by atoms with van der Waals surface area (Å²) >= 11 is 1.88. The molecule has 0 amide bonds. The minimum atomic E-state index is -0.704. The van der Waals surface area contributed by atoms with Crippen LogP contribution in [0.1, 0.15) is 24.4 Å². The van der Waals surface area contributed by atoms with Gasteiger partial charge in [0.05, 0.1) is 58.5 Å². The molecule has 5 nitrogen and oxygen atoms in total. The first kappa shape index (κ1) is 14.1. The molecule has 0 radical (unpaired) electrons. The van der Waals surface area contributed by atoms with Gasteiger partial charge in [-0.1, -0.05) is 24.3 Å². The van der Waals surface area contributed by atoms with Crippen molar-refractivity contribution in [2.75, 3.05) is 0 Å². The highest BCUT2D eigenvalue weighted by Gasteiger charge is 2.42. The summed E-state index contributed by atoms with van der Waals surface area (Å²) in [5, 5.41) is 18.7. The molecule has 1 saturated carbocycles. The number of rotatable bonds is 1. The van der Waals surface area contributed by atoms with E-state index in [1.54, 1.807) is 0 Å². The number of imidazole rings is 1. The SMILES string of the molecule is N=C1CC[C@@H]([C@H]2c3ccccc3-c3cncn32)[C@H](O)/C1=N/I. The van der Waals surface area contributed by atoms with Crippen molar-refractivity contribution in [3.05, 3.63) is 42.4 Å². The zero-order valence-electron chi connectivity index (χ0n) is 11.8. The molecule has 0 saturated heterocycles. The van der Waals surface area contributed by atoms with Gasteiger partial charge in [-0.15, -0.1) is 0 Å². The summed E-state index contributed by atoms with van der Waals surface area (Å²) in [5.41, 5.74) is 4.48. The van der Waals surface area contributed by atoms with Gasteiger partial charge in [0.25, 0.3) is 0 Å². The van der Waals surface area contributed by atoms with Crippen molar-refractivity contribution < 1.29 is 5.11 Å². The molecule has 6 heteroatoms. The largest absolute Gasteiger partial charge is 0.386 e. The lowest BCUT2D eigenvalue weighted by atomic mass is 9.77. The first-order valence-electron chi connectivity index (χ1n) is 7.28. The number of halogens is 1. The zero-order chi connectivity index (χ0) is 15.3. The minimum absolute atomic E-state index is 0.0132. The molecule has 0 spiro atoms. The summed E-state index contributed by atoms with van der Waals surface area (Å²) in [6.45, 7) is 0. The van der Waals surface area contributed by atoms with Gasteiger partial charge in [-0.05, 0) is 18.4 Å². The van der Waals surface area contributed by atoms with E-state index in [-0.39, 0.29) is 12.0 Å². The fourth-order valence-electron chi connectivity index (χ4n) is 3.72. The van der Waals surface area contributed by atoms with E-state index < -0.39 is 6.10 Å². The van der Waals surface area contributed by atoms with Crippen LogP contribution >= 0.6 is 22.9 Å². The number of aliphatic hydroxyl groups excluding tert-OH is 1. The van der Waals surface area contributed by atoms with Crippen LogP contribution in [0.3, 0.4) is 0 Å². The number of aliphatic hydroxyl groups is 1. The quantitative estimate of drug-likeness (QED) is 0.715. The second-order valence-corrected chi connectivity index (χ2v) is 6.30. The summed E-state index contributed by atoms with van der Waals surface area (Å²) in [4.78, 5) is 4.27. The second-order valence-electron chi connectivity index (χ2n) is 5.81. The van der Waals surface area contributed by atoms with Crippen molar-refractivity contribution in [1.82, 2.24) is 9.55 Å². The average molecular weight is 406 g/mol. The minimum Gasteiger partial charge on any atom is -0.386 e. The lowest BCUT2D eigenvalue weighted by molar-refractivity contribution is 0.135. The van der Waals surface area contributed by atoms with Crippen LogP contribution in [-0.2, 0) is 0 Å². The lowest BCUT2D eigenvalue weighted by Crippen LogP contribution is -2.43. The molecule has 1 aromatic heterocycles. The highest BCUT2D eigenvalue weighted by Crippen LogP contribution is 2.46. The zero-order valence-corrected chi connectivity index (χ0v) is 13.9. The van der Waals surface area contributed by atoms with E-state index in [9.17, 15) is 5.11 Å². The van der Waals surface area contributed by atoms with Crippen molar-refractivity contribution in [2.24, 2.45) is 9.12 Å². The molecule has 2 heterocycles. The van der Waals surface area contributed by atoms with Gasteiger partial charge >= 0.3 is 0 Å². The van der Waals surface area contributed by atoms with E-state index in [2.05, 4.69) is 24.9 Å². The van der Waals surface area contributed by atoms with Gasteiger partial charge in [-0.3, -0.25) is 0 Å². The summed E-state index contributed by atoms with van der Waals surface area (Å²) in [7, 11) is 0. The van der Waals surface area contributed by atoms with Gasteiger partial charge in [0.2, 0.25) is 0 Å². The van der Waals surface area contributed by atoms with Crippen molar-refractivity contribution in [3.63, 3.8) is 0 Å². The Morgan fingerprint density at radius 2 is 2.18 bits per heavy atom. The Morgan fingerprint density at radius 1 is 1.36 bits per heavy atom. The standard InChI is InChI=1S/C16H15IN4O/c17-20-14-12(18)6-5-11(16(14)22)15-10-4-2-1-3-9(10)13-7-19-8-21(13)15/h1-4,7-8,11,15-16,18,22H,5-6H2/b18-12?,20-14+/t11-,15+,16-/m0/s1. The maximum atomic E-state index is 10.7. The van der Waals surface area contributed by atoms with Crippen molar-refractivity contribution in [1.29, 1.82) is 5.41 Å². The molecule has 0 unspecified atom stereocenters. The van der Waals surface area contributed by atoms with Gasteiger partial charge in [0.1, 0.15) is 6.10 Å². The van der Waals surface area contributed by atoms with Crippen molar-refractivity contribution >= 4 is 34.3 Å². The second kappa shape index (κ2) is 5.27. The Morgan fingerprint density at radius 3 is 3.00 bits per heavy atom. The molecule has 2 aliphatic rings. The normalized spacial score (nSPS) is 28.7. The van der Waals surface area contributed by atoms with Gasteiger partial charge in [-0.25, -0.2) is 8.19 Å². The molecular weight excluding hydrogens is 391 g/mol. The number of fused-ring (bicyclic) bond motifs is 3. The highest BCUT2D eigenvalue weighted by molar-refractivity contribution is 14.1. The Kier molecular flexibility index (Phi) is 3.37. The number of hydrogen-bond acceptors (Lipinski definition) is 4. The molecular formula is C16H15IN4O. The van der Waals surface area contributed by atoms with E-state index in [0.29, 0.717) is 17.8 Å². The predicted molar refractivity (Wildman–Crippen MR) is 93.7 cm³/mol. The number of benzene rings is 1. The van der Waals surface area contributed by atoms with E-state index >= 15 is 0 Å². The maximum Gasteiger partial charge on any atom is 0.103 e. The van der Waals surface area contributed by atoms with Crippen LogP contribution in [0.15, 0.2) is 40.0 Å². The molecule has 112 valence electrons. The summed E-state index contributed by atoms with van der Waals surface area (Å²) in [6, 6.07) is 8.36. The number of nitrogens with zero attached hydrogens (tertiary/aromatic N) is 3. The predicted octanol–water partition coefficient (Wildman–Crippen LogP) is 3.03. The number of aromatic nitrogens is 2. The van der Waals surface area contributed by atoms with Crippen molar-refractivity contribution in [3.8, 4) is 11.3 Å². The Hall–Kier alpha value is -1.54. The molecule has 4 rings (SSSR count). The Bertz CT molecular complexity index is 782.